The second-order valence-corrected chi connectivity index (χ2v) is 7.40. The molecule has 0 bridgehead atoms. The summed E-state index contributed by atoms with van der Waals surface area (Å²) in [6.45, 7) is 7.83. The average Bonchev–Trinajstić information content (AvgIpc) is 2.37. The maximum absolute atomic E-state index is 6.02. The Kier molecular flexibility index (Phi) is 6.35. The third kappa shape index (κ3) is 6.24. The van der Waals surface area contributed by atoms with Gasteiger partial charge in [0.25, 0.3) is 0 Å². The van der Waals surface area contributed by atoms with Crippen molar-refractivity contribution in [2.45, 2.75) is 76.6 Å². The predicted molar refractivity (Wildman–Crippen MR) is 74.2 cm³/mol. The summed E-state index contributed by atoms with van der Waals surface area (Å²) in [5.41, 5.74) is 0.445. The Balaban J connectivity index is 2.15. The highest BCUT2D eigenvalue weighted by Crippen LogP contribution is 2.27. The van der Waals surface area contributed by atoms with Crippen molar-refractivity contribution in [2.24, 2.45) is 5.41 Å². The zero-order chi connectivity index (χ0) is 12.0. The molecule has 0 aromatic carbocycles. The van der Waals surface area contributed by atoms with Crippen LogP contribution >= 0.6 is 15.9 Å². The highest BCUT2D eigenvalue weighted by molar-refractivity contribution is 9.09. The first-order chi connectivity index (χ1) is 7.49. The fraction of sp³-hybridized carbons (Fsp3) is 1.00. The summed E-state index contributed by atoms with van der Waals surface area (Å²) in [6, 6.07) is 0. The predicted octanol–water partition coefficient (Wildman–Crippen LogP) is 4.93. The van der Waals surface area contributed by atoms with Gasteiger partial charge in [-0.15, -0.1) is 0 Å². The molecule has 1 aliphatic rings. The molecule has 1 aliphatic carbocycles. The van der Waals surface area contributed by atoms with Gasteiger partial charge in [0.15, 0.2) is 0 Å². The first-order valence-electron chi connectivity index (χ1n) is 6.75. The monoisotopic (exact) mass is 290 g/mol. The zero-order valence-electron chi connectivity index (χ0n) is 11.1. The number of hydrogen-bond acceptors (Lipinski definition) is 1. The molecule has 1 rings (SSSR count). The fourth-order valence-corrected chi connectivity index (χ4v) is 2.99. The molecule has 2 atom stereocenters. The largest absolute Gasteiger partial charge is 0.377 e. The van der Waals surface area contributed by atoms with Crippen LogP contribution in [0.1, 0.15) is 65.7 Å². The minimum Gasteiger partial charge on any atom is -0.377 e. The molecule has 1 saturated carbocycles. The van der Waals surface area contributed by atoms with Crippen molar-refractivity contribution in [1.29, 1.82) is 0 Å². The highest BCUT2D eigenvalue weighted by atomic mass is 79.9. The molecule has 0 aliphatic heterocycles. The number of halogens is 1. The van der Waals surface area contributed by atoms with Crippen LogP contribution < -0.4 is 0 Å². The SMILES string of the molecule is CC(C)(C)CCCOC1CCCCCC1Br. The van der Waals surface area contributed by atoms with E-state index in [9.17, 15) is 0 Å². The van der Waals surface area contributed by atoms with E-state index >= 15 is 0 Å². The van der Waals surface area contributed by atoms with Crippen molar-refractivity contribution in [3.05, 3.63) is 0 Å². The standard InChI is InChI=1S/C14H27BrO/c1-14(2,3)10-7-11-16-13-9-6-4-5-8-12(13)15/h12-13H,4-11H2,1-3H3. The van der Waals surface area contributed by atoms with E-state index in [1.165, 1.54) is 44.9 Å². The molecule has 0 saturated heterocycles. The lowest BCUT2D eigenvalue weighted by Crippen LogP contribution is -2.23. The van der Waals surface area contributed by atoms with Crippen LogP contribution in [0.3, 0.4) is 0 Å². The van der Waals surface area contributed by atoms with Crippen molar-refractivity contribution in [2.75, 3.05) is 6.61 Å². The molecule has 0 heterocycles. The molecular weight excluding hydrogens is 264 g/mol. The molecule has 0 aromatic rings. The molecule has 0 radical (unpaired) electrons. The van der Waals surface area contributed by atoms with Crippen LogP contribution in [0.25, 0.3) is 0 Å². The Morgan fingerprint density at radius 3 is 2.50 bits per heavy atom. The Morgan fingerprint density at radius 1 is 1.12 bits per heavy atom. The molecule has 0 aromatic heterocycles. The maximum atomic E-state index is 6.02. The van der Waals surface area contributed by atoms with E-state index < -0.39 is 0 Å². The molecule has 0 amide bonds. The first kappa shape index (κ1) is 14.5. The van der Waals surface area contributed by atoms with Crippen LogP contribution in [0, 0.1) is 5.41 Å². The molecular formula is C14H27BrO. The van der Waals surface area contributed by atoms with Gasteiger partial charge in [0, 0.05) is 11.4 Å². The summed E-state index contributed by atoms with van der Waals surface area (Å²) in [5, 5.41) is 0. The molecule has 2 unspecified atom stereocenters. The summed E-state index contributed by atoms with van der Waals surface area (Å²) in [6.07, 6.45) is 9.51. The molecule has 16 heavy (non-hydrogen) atoms. The maximum Gasteiger partial charge on any atom is 0.0700 e. The molecule has 2 heteroatoms. The molecule has 0 spiro atoms. The van der Waals surface area contributed by atoms with Crippen LogP contribution in [-0.2, 0) is 4.74 Å². The average molecular weight is 291 g/mol. The summed E-state index contributed by atoms with van der Waals surface area (Å²) in [7, 11) is 0. The minimum atomic E-state index is 0.445. The Morgan fingerprint density at radius 2 is 1.81 bits per heavy atom. The van der Waals surface area contributed by atoms with Gasteiger partial charge in [-0.25, -0.2) is 0 Å². The smallest absolute Gasteiger partial charge is 0.0700 e. The molecule has 96 valence electrons. The summed E-state index contributed by atoms with van der Waals surface area (Å²) in [4.78, 5) is 0.588. The Labute approximate surface area is 109 Å². The van der Waals surface area contributed by atoms with Crippen LogP contribution in [-0.4, -0.2) is 17.5 Å². The van der Waals surface area contributed by atoms with Gasteiger partial charge in [0.2, 0.25) is 0 Å². The van der Waals surface area contributed by atoms with E-state index in [-0.39, 0.29) is 0 Å². The topological polar surface area (TPSA) is 9.23 Å². The normalized spacial score (nSPS) is 27.8. The highest BCUT2D eigenvalue weighted by Gasteiger charge is 2.21. The van der Waals surface area contributed by atoms with Gasteiger partial charge >= 0.3 is 0 Å². The van der Waals surface area contributed by atoms with Gasteiger partial charge in [-0.2, -0.15) is 0 Å². The van der Waals surface area contributed by atoms with Crippen molar-refractivity contribution in [3.8, 4) is 0 Å². The Hall–Kier alpha value is 0.440. The van der Waals surface area contributed by atoms with Gasteiger partial charge in [-0.05, 0) is 31.1 Å². The van der Waals surface area contributed by atoms with Gasteiger partial charge in [0.05, 0.1) is 6.10 Å². The van der Waals surface area contributed by atoms with E-state index in [1.54, 1.807) is 0 Å². The van der Waals surface area contributed by atoms with Gasteiger partial charge in [-0.3, -0.25) is 0 Å². The molecule has 1 nitrogen and oxygen atoms in total. The van der Waals surface area contributed by atoms with Crippen LogP contribution in [0.5, 0.6) is 0 Å². The number of rotatable bonds is 4. The van der Waals surface area contributed by atoms with Crippen molar-refractivity contribution in [3.63, 3.8) is 0 Å². The summed E-state index contributed by atoms with van der Waals surface area (Å²) in [5.74, 6) is 0. The molecule has 1 fully saturated rings. The number of alkyl halides is 1. The molecule has 0 N–H and O–H groups in total. The second-order valence-electron chi connectivity index (χ2n) is 6.23. The van der Waals surface area contributed by atoms with E-state index in [0.717, 1.165) is 6.61 Å². The summed E-state index contributed by atoms with van der Waals surface area (Å²) < 4.78 is 6.02. The lowest BCUT2D eigenvalue weighted by atomic mass is 9.91. The van der Waals surface area contributed by atoms with Crippen LogP contribution in [0.2, 0.25) is 0 Å². The van der Waals surface area contributed by atoms with Crippen molar-refractivity contribution in [1.82, 2.24) is 0 Å². The minimum absolute atomic E-state index is 0.445. The fourth-order valence-electron chi connectivity index (χ4n) is 2.25. The van der Waals surface area contributed by atoms with Gasteiger partial charge < -0.3 is 4.74 Å². The van der Waals surface area contributed by atoms with Gasteiger partial charge in [0.1, 0.15) is 0 Å². The van der Waals surface area contributed by atoms with Gasteiger partial charge in [-0.1, -0.05) is 56.0 Å². The van der Waals surface area contributed by atoms with E-state index in [0.29, 0.717) is 16.3 Å². The van der Waals surface area contributed by atoms with Crippen LogP contribution in [0.4, 0.5) is 0 Å². The summed E-state index contributed by atoms with van der Waals surface area (Å²) >= 11 is 3.77. The lowest BCUT2D eigenvalue weighted by Gasteiger charge is -2.22. The second kappa shape index (κ2) is 7.00. The van der Waals surface area contributed by atoms with Crippen molar-refractivity contribution >= 4 is 15.9 Å². The third-order valence-electron chi connectivity index (χ3n) is 3.27. The van der Waals surface area contributed by atoms with E-state index in [2.05, 4.69) is 36.7 Å². The van der Waals surface area contributed by atoms with Crippen molar-refractivity contribution < 1.29 is 4.74 Å². The quantitative estimate of drug-likeness (QED) is 0.405. The Bertz CT molecular complexity index is 186. The van der Waals surface area contributed by atoms with E-state index in [4.69, 9.17) is 4.74 Å². The van der Waals surface area contributed by atoms with Crippen LogP contribution in [0.15, 0.2) is 0 Å². The zero-order valence-corrected chi connectivity index (χ0v) is 12.7. The van der Waals surface area contributed by atoms with E-state index in [1.807, 2.05) is 0 Å². The number of ether oxygens (including phenoxy) is 1. The third-order valence-corrected chi connectivity index (χ3v) is 4.32. The first-order valence-corrected chi connectivity index (χ1v) is 7.66. The lowest BCUT2D eigenvalue weighted by molar-refractivity contribution is 0.0423. The number of hydrogen-bond donors (Lipinski definition) is 0.